The summed E-state index contributed by atoms with van der Waals surface area (Å²) < 4.78 is 28.0. The van der Waals surface area contributed by atoms with Crippen molar-refractivity contribution in [3.63, 3.8) is 0 Å². The van der Waals surface area contributed by atoms with E-state index in [1.165, 1.54) is 77.4 Å². The van der Waals surface area contributed by atoms with Crippen LogP contribution in [-0.2, 0) is 19.4 Å². The second-order valence-corrected chi connectivity index (χ2v) is 9.55. The summed E-state index contributed by atoms with van der Waals surface area (Å²) in [4.78, 5) is 2.61. The molecule has 0 amide bonds. The predicted octanol–water partition coefficient (Wildman–Crippen LogP) is 3.82. The second-order valence-electron chi connectivity index (χ2n) is 6.00. The zero-order chi connectivity index (χ0) is 15.4. The molecule has 2 N–H and O–H groups in total. The maximum Gasteiger partial charge on any atom is 0.430 e. The molecule has 21 heavy (non-hydrogen) atoms. The second kappa shape index (κ2) is 11.8. The van der Waals surface area contributed by atoms with Crippen molar-refractivity contribution >= 4 is 19.4 Å². The fourth-order valence-corrected chi connectivity index (χ4v) is 4.39. The molecular weight excluding hydrogens is 306 g/mol. The Hall–Kier alpha value is 0.250. The molecular formula is C15H32NO3S2+. The van der Waals surface area contributed by atoms with E-state index in [0.29, 0.717) is 5.75 Å². The van der Waals surface area contributed by atoms with Gasteiger partial charge in [-0.3, -0.25) is 9.11 Å². The number of hydrogen-bond acceptors (Lipinski definition) is 2. The number of likely N-dealkylation sites (tertiary alicyclic amines) is 1. The van der Waals surface area contributed by atoms with Gasteiger partial charge in [0, 0.05) is 6.42 Å². The monoisotopic (exact) mass is 338 g/mol. The van der Waals surface area contributed by atoms with Crippen LogP contribution in [-0.4, -0.2) is 43.6 Å². The smallest absolute Gasteiger partial charge is 0.303 e. The van der Waals surface area contributed by atoms with Gasteiger partial charge in [-0.25, -0.2) is 0 Å². The van der Waals surface area contributed by atoms with Crippen LogP contribution in [0.25, 0.3) is 0 Å². The summed E-state index contributed by atoms with van der Waals surface area (Å²) in [6, 6.07) is 0. The van der Waals surface area contributed by atoms with Gasteiger partial charge < -0.3 is 4.90 Å². The average Bonchev–Trinajstić information content (AvgIpc) is 2.44. The summed E-state index contributed by atoms with van der Waals surface area (Å²) in [6.07, 6.45) is 14.0. The van der Waals surface area contributed by atoms with Gasteiger partial charge in [-0.05, 0) is 45.3 Å². The Labute approximate surface area is 134 Å². The van der Waals surface area contributed by atoms with Crippen molar-refractivity contribution in [3.05, 3.63) is 0 Å². The van der Waals surface area contributed by atoms with E-state index < -0.39 is 9.05 Å². The lowest BCUT2D eigenvalue weighted by Gasteiger charge is -2.26. The van der Waals surface area contributed by atoms with Crippen molar-refractivity contribution in [1.29, 1.82) is 0 Å². The molecule has 0 aromatic heterocycles. The molecule has 1 saturated heterocycles. The zero-order valence-electron chi connectivity index (χ0n) is 13.2. The van der Waals surface area contributed by atoms with Crippen LogP contribution in [0.5, 0.6) is 0 Å². The molecule has 0 aromatic rings. The highest BCUT2D eigenvalue weighted by Gasteiger charge is 2.09. The van der Waals surface area contributed by atoms with Crippen molar-refractivity contribution in [1.82, 2.24) is 4.90 Å². The Morgan fingerprint density at radius 2 is 1.33 bits per heavy atom. The van der Waals surface area contributed by atoms with Crippen molar-refractivity contribution in [2.24, 2.45) is 0 Å². The van der Waals surface area contributed by atoms with E-state index in [-0.39, 0.29) is 0 Å². The minimum atomic E-state index is -3.58. The lowest BCUT2D eigenvalue weighted by Crippen LogP contribution is -2.30. The first-order valence-corrected chi connectivity index (χ1v) is 11.4. The van der Waals surface area contributed by atoms with Gasteiger partial charge in [0.15, 0.2) is 5.75 Å². The fraction of sp³-hybridized carbons (Fsp3) is 1.00. The molecule has 0 aliphatic carbocycles. The molecule has 0 radical (unpaired) electrons. The maximum atomic E-state index is 10.6. The molecule has 1 aliphatic rings. The molecule has 0 atom stereocenters. The van der Waals surface area contributed by atoms with Gasteiger partial charge in [-0.2, -0.15) is 4.21 Å². The molecule has 6 heteroatoms. The van der Waals surface area contributed by atoms with Gasteiger partial charge in [0.25, 0.3) is 10.3 Å². The van der Waals surface area contributed by atoms with Crippen LogP contribution in [0.1, 0.15) is 70.6 Å². The third kappa shape index (κ3) is 12.5. The lowest BCUT2D eigenvalue weighted by molar-refractivity contribution is 0.224. The number of rotatable bonds is 11. The average molecular weight is 339 g/mol. The van der Waals surface area contributed by atoms with Crippen LogP contribution < -0.4 is 0 Å². The molecule has 1 rings (SSSR count). The van der Waals surface area contributed by atoms with Crippen LogP contribution in [0.2, 0.25) is 0 Å². The third-order valence-electron chi connectivity index (χ3n) is 4.05. The minimum Gasteiger partial charge on any atom is -0.303 e. The van der Waals surface area contributed by atoms with E-state index in [1.807, 2.05) is 0 Å². The Morgan fingerprint density at radius 3 is 1.90 bits per heavy atom. The van der Waals surface area contributed by atoms with Gasteiger partial charge in [0.2, 0.25) is 0 Å². The van der Waals surface area contributed by atoms with Gasteiger partial charge in [-0.1, -0.05) is 38.5 Å². The van der Waals surface area contributed by atoms with Crippen molar-refractivity contribution in [3.8, 4) is 0 Å². The normalized spacial score (nSPS) is 17.0. The van der Waals surface area contributed by atoms with Crippen LogP contribution in [0.3, 0.4) is 0 Å². The Bertz CT molecular complexity index is 354. The van der Waals surface area contributed by atoms with Gasteiger partial charge in [0.05, 0.1) is 0 Å². The molecule has 126 valence electrons. The topological polar surface area (TPSA) is 60.8 Å². The standard InChI is InChI=1S/C15H31NO3S2/c17-21(18,19)20-15-11-6-4-2-1-3-5-8-12-16-13-9-7-10-14-16/h1-15H2,(H-,17,18,19)/p+1. The predicted molar refractivity (Wildman–Crippen MR) is 92.9 cm³/mol. The third-order valence-corrected chi connectivity index (χ3v) is 6.24. The van der Waals surface area contributed by atoms with E-state index in [9.17, 15) is 4.21 Å². The van der Waals surface area contributed by atoms with Crippen LogP contribution >= 0.6 is 0 Å². The summed E-state index contributed by atoms with van der Waals surface area (Å²) in [7, 11) is -2.82. The van der Waals surface area contributed by atoms with E-state index in [0.717, 1.165) is 23.2 Å². The van der Waals surface area contributed by atoms with Gasteiger partial charge in [-0.15, -0.1) is 0 Å². The first kappa shape index (κ1) is 19.3. The van der Waals surface area contributed by atoms with E-state index in [2.05, 4.69) is 4.90 Å². The zero-order valence-corrected chi connectivity index (χ0v) is 14.8. The van der Waals surface area contributed by atoms with Crippen molar-refractivity contribution in [2.75, 3.05) is 25.4 Å². The van der Waals surface area contributed by atoms with Crippen LogP contribution in [0, 0.1) is 0 Å². The summed E-state index contributed by atoms with van der Waals surface area (Å²) in [5, 5.41) is 0. The van der Waals surface area contributed by atoms with Crippen LogP contribution in [0.4, 0.5) is 0 Å². The van der Waals surface area contributed by atoms with Crippen LogP contribution in [0.15, 0.2) is 0 Å². The first-order chi connectivity index (χ1) is 10.1. The number of hydrogen-bond donors (Lipinski definition) is 2. The van der Waals surface area contributed by atoms with Gasteiger partial charge >= 0.3 is 9.05 Å². The molecule has 0 saturated carbocycles. The number of nitrogens with zero attached hydrogens (tertiary/aromatic N) is 1. The highest BCUT2D eigenvalue weighted by molar-refractivity contribution is 8.34. The Morgan fingerprint density at radius 1 is 0.810 bits per heavy atom. The summed E-state index contributed by atoms with van der Waals surface area (Å²) in [5.74, 6) is 0.571. The lowest BCUT2D eigenvalue weighted by atomic mass is 10.1. The van der Waals surface area contributed by atoms with E-state index >= 15 is 0 Å². The Kier molecular flexibility index (Phi) is 10.8. The molecule has 0 aromatic carbocycles. The molecule has 4 nitrogen and oxygen atoms in total. The van der Waals surface area contributed by atoms with E-state index in [1.54, 1.807) is 0 Å². The van der Waals surface area contributed by atoms with E-state index in [4.69, 9.17) is 9.11 Å². The molecule has 0 bridgehead atoms. The molecule has 0 spiro atoms. The quantitative estimate of drug-likeness (QED) is 0.444. The van der Waals surface area contributed by atoms with Crippen molar-refractivity contribution < 1.29 is 13.3 Å². The number of unbranched alkanes of at least 4 members (excludes halogenated alkanes) is 7. The minimum absolute atomic E-state index is 0.571. The van der Waals surface area contributed by atoms with Gasteiger partial charge in [0.1, 0.15) is 0 Å². The highest BCUT2D eigenvalue weighted by atomic mass is 32.9. The largest absolute Gasteiger partial charge is 0.430 e. The van der Waals surface area contributed by atoms with Crippen molar-refractivity contribution in [2.45, 2.75) is 70.6 Å². The Balaban J connectivity index is 1.79. The molecule has 1 aliphatic heterocycles. The first-order valence-electron chi connectivity index (χ1n) is 8.44. The summed E-state index contributed by atoms with van der Waals surface area (Å²) in [5.41, 5.74) is 0. The SMILES string of the molecule is O=S(O)(O)=[S+]CCCCCCCCCCN1CCCCC1. The molecule has 1 heterocycles. The molecule has 1 fully saturated rings. The fourth-order valence-electron chi connectivity index (χ4n) is 2.85. The number of piperidine rings is 1. The molecule has 0 unspecified atom stereocenters. The summed E-state index contributed by atoms with van der Waals surface area (Å²) >= 11 is 0. The highest BCUT2D eigenvalue weighted by Crippen LogP contribution is 2.12. The summed E-state index contributed by atoms with van der Waals surface area (Å²) in [6.45, 7) is 3.91. The maximum absolute atomic E-state index is 10.6.